The summed E-state index contributed by atoms with van der Waals surface area (Å²) in [5.74, 6) is 2.47. The van der Waals surface area contributed by atoms with E-state index >= 15 is 0 Å². The van der Waals surface area contributed by atoms with Gasteiger partial charge >= 0.3 is 0 Å². The minimum absolute atomic E-state index is 0.685. The Morgan fingerprint density at radius 3 is 2.44 bits per heavy atom. The summed E-state index contributed by atoms with van der Waals surface area (Å²) in [6.45, 7) is 6.58. The molecule has 0 spiro atoms. The Hall–Kier alpha value is -1.69. The first-order valence-electron chi connectivity index (χ1n) is 5.78. The number of aromatic nitrogens is 3. The minimum atomic E-state index is 0.685. The monoisotopic (exact) mass is 263 g/mol. The molecular weight excluding hydrogens is 246 g/mol. The molecule has 96 valence electrons. The lowest BCUT2D eigenvalue weighted by molar-refractivity contribution is 0.985. The van der Waals surface area contributed by atoms with Crippen LogP contribution in [0.2, 0.25) is 0 Å². The maximum Gasteiger partial charge on any atom is 0.135 e. The molecule has 0 amide bonds. The molecule has 0 fully saturated rings. The molecule has 0 aliphatic carbocycles. The van der Waals surface area contributed by atoms with Gasteiger partial charge in [-0.05, 0) is 20.8 Å². The zero-order valence-electron chi connectivity index (χ0n) is 11.0. The average Bonchev–Trinajstić information content (AvgIpc) is 2.75. The van der Waals surface area contributed by atoms with Crippen LogP contribution in [-0.2, 0) is 6.54 Å². The fourth-order valence-electron chi connectivity index (χ4n) is 1.71. The zero-order chi connectivity index (χ0) is 13.1. The quantitative estimate of drug-likeness (QED) is 0.887. The summed E-state index contributed by atoms with van der Waals surface area (Å²) in [7, 11) is 1.86. The van der Waals surface area contributed by atoms with Crippen LogP contribution in [0.25, 0.3) is 0 Å². The molecule has 6 heteroatoms. The molecule has 0 unspecified atom stereocenters. The van der Waals surface area contributed by atoms with Crippen molar-refractivity contribution in [2.45, 2.75) is 27.3 Å². The predicted octanol–water partition coefficient (Wildman–Crippen LogP) is 2.51. The number of hydrogen-bond acceptors (Lipinski definition) is 6. The van der Waals surface area contributed by atoms with E-state index in [0.717, 1.165) is 33.7 Å². The van der Waals surface area contributed by atoms with Gasteiger partial charge in [0.15, 0.2) is 0 Å². The van der Waals surface area contributed by atoms with Gasteiger partial charge in [0, 0.05) is 18.0 Å². The molecule has 0 bridgehead atoms. The number of thiazole rings is 1. The van der Waals surface area contributed by atoms with Gasteiger partial charge in [-0.25, -0.2) is 15.0 Å². The number of aryl methyl sites for hydroxylation is 2. The minimum Gasteiger partial charge on any atom is -0.373 e. The van der Waals surface area contributed by atoms with Crippen molar-refractivity contribution in [1.82, 2.24) is 15.0 Å². The average molecular weight is 263 g/mol. The molecule has 2 heterocycles. The lowest BCUT2D eigenvalue weighted by Gasteiger charge is -2.11. The second-order valence-electron chi connectivity index (χ2n) is 4.05. The first-order chi connectivity index (χ1) is 8.60. The lowest BCUT2D eigenvalue weighted by atomic mass is 10.3. The van der Waals surface area contributed by atoms with Crippen molar-refractivity contribution < 1.29 is 0 Å². The second-order valence-corrected chi connectivity index (χ2v) is 5.12. The van der Waals surface area contributed by atoms with Crippen molar-refractivity contribution in [2.24, 2.45) is 0 Å². The molecular formula is C12H17N5S. The molecule has 18 heavy (non-hydrogen) atoms. The van der Waals surface area contributed by atoms with Crippen LogP contribution in [0.4, 0.5) is 11.6 Å². The van der Waals surface area contributed by atoms with Gasteiger partial charge < -0.3 is 10.6 Å². The van der Waals surface area contributed by atoms with Crippen molar-refractivity contribution in [3.63, 3.8) is 0 Å². The third-order valence-corrected chi connectivity index (χ3v) is 3.42. The molecule has 2 aromatic rings. The molecule has 0 aliphatic heterocycles. The van der Waals surface area contributed by atoms with E-state index in [4.69, 9.17) is 0 Å². The van der Waals surface area contributed by atoms with E-state index in [1.54, 1.807) is 11.3 Å². The van der Waals surface area contributed by atoms with Crippen LogP contribution < -0.4 is 10.6 Å². The largest absolute Gasteiger partial charge is 0.373 e. The Labute approximate surface area is 111 Å². The van der Waals surface area contributed by atoms with Crippen LogP contribution in [-0.4, -0.2) is 22.0 Å². The van der Waals surface area contributed by atoms with Gasteiger partial charge in [-0.3, -0.25) is 0 Å². The van der Waals surface area contributed by atoms with Crippen LogP contribution >= 0.6 is 11.3 Å². The van der Waals surface area contributed by atoms with Gasteiger partial charge in [0.1, 0.15) is 17.5 Å². The van der Waals surface area contributed by atoms with Crippen molar-refractivity contribution in [1.29, 1.82) is 0 Å². The fraction of sp³-hybridized carbons (Fsp3) is 0.417. The van der Waals surface area contributed by atoms with E-state index in [-0.39, 0.29) is 0 Å². The Bertz CT molecular complexity index is 549. The van der Waals surface area contributed by atoms with Crippen LogP contribution in [0, 0.1) is 20.8 Å². The fourth-order valence-corrected chi connectivity index (χ4v) is 2.32. The summed E-state index contributed by atoms with van der Waals surface area (Å²) < 4.78 is 0. The van der Waals surface area contributed by atoms with Crippen molar-refractivity contribution in [3.8, 4) is 0 Å². The second kappa shape index (κ2) is 5.30. The van der Waals surface area contributed by atoms with Gasteiger partial charge in [0.2, 0.25) is 0 Å². The molecule has 0 atom stereocenters. The van der Waals surface area contributed by atoms with Gasteiger partial charge in [0.05, 0.1) is 17.2 Å². The standard InChI is InChI=1S/C12H17N5S/c1-7-11(13-4)15-8(2)16-12(7)14-5-10-6-18-9(3)17-10/h6H,5H2,1-4H3,(H2,13,14,15,16). The Balaban J connectivity index is 2.16. The summed E-state index contributed by atoms with van der Waals surface area (Å²) in [6.07, 6.45) is 0. The number of hydrogen-bond donors (Lipinski definition) is 2. The zero-order valence-corrected chi connectivity index (χ0v) is 11.9. The van der Waals surface area contributed by atoms with Gasteiger partial charge in [-0.1, -0.05) is 0 Å². The summed E-state index contributed by atoms with van der Waals surface area (Å²) in [4.78, 5) is 13.2. The Morgan fingerprint density at radius 2 is 1.83 bits per heavy atom. The maximum absolute atomic E-state index is 4.42. The lowest BCUT2D eigenvalue weighted by Crippen LogP contribution is -2.08. The molecule has 0 radical (unpaired) electrons. The highest BCUT2D eigenvalue weighted by molar-refractivity contribution is 7.09. The summed E-state index contributed by atoms with van der Waals surface area (Å²) in [5.41, 5.74) is 2.06. The van der Waals surface area contributed by atoms with E-state index in [2.05, 4.69) is 31.0 Å². The van der Waals surface area contributed by atoms with E-state index in [9.17, 15) is 0 Å². The molecule has 5 nitrogen and oxygen atoms in total. The third-order valence-electron chi connectivity index (χ3n) is 2.60. The van der Waals surface area contributed by atoms with Crippen molar-refractivity contribution >= 4 is 23.0 Å². The molecule has 2 N–H and O–H groups in total. The van der Waals surface area contributed by atoms with Crippen molar-refractivity contribution in [2.75, 3.05) is 17.7 Å². The first-order valence-corrected chi connectivity index (χ1v) is 6.66. The summed E-state index contributed by atoms with van der Waals surface area (Å²) in [6, 6.07) is 0. The molecule has 0 saturated carbocycles. The molecule has 0 saturated heterocycles. The highest BCUT2D eigenvalue weighted by Gasteiger charge is 2.08. The van der Waals surface area contributed by atoms with Crippen LogP contribution in [0.1, 0.15) is 22.1 Å². The number of anilines is 2. The smallest absolute Gasteiger partial charge is 0.135 e. The number of nitrogens with zero attached hydrogens (tertiary/aromatic N) is 3. The highest BCUT2D eigenvalue weighted by Crippen LogP contribution is 2.20. The molecule has 2 aromatic heterocycles. The maximum atomic E-state index is 4.42. The van der Waals surface area contributed by atoms with Crippen LogP contribution in [0.3, 0.4) is 0 Å². The van der Waals surface area contributed by atoms with Crippen LogP contribution in [0.5, 0.6) is 0 Å². The topological polar surface area (TPSA) is 62.7 Å². The van der Waals surface area contributed by atoms with E-state index in [1.807, 2.05) is 27.8 Å². The first kappa shape index (κ1) is 12.8. The predicted molar refractivity (Wildman–Crippen MR) is 75.2 cm³/mol. The van der Waals surface area contributed by atoms with Gasteiger partial charge in [-0.15, -0.1) is 11.3 Å². The van der Waals surface area contributed by atoms with Gasteiger partial charge in [-0.2, -0.15) is 0 Å². The highest BCUT2D eigenvalue weighted by atomic mass is 32.1. The summed E-state index contributed by atoms with van der Waals surface area (Å²) in [5, 5.41) is 9.53. The summed E-state index contributed by atoms with van der Waals surface area (Å²) >= 11 is 1.66. The van der Waals surface area contributed by atoms with Gasteiger partial charge in [0.25, 0.3) is 0 Å². The van der Waals surface area contributed by atoms with E-state index in [1.165, 1.54) is 0 Å². The molecule has 2 rings (SSSR count). The number of rotatable bonds is 4. The van der Waals surface area contributed by atoms with Crippen molar-refractivity contribution in [3.05, 3.63) is 27.5 Å². The normalized spacial score (nSPS) is 10.4. The SMILES string of the molecule is CNc1nc(C)nc(NCc2csc(C)n2)c1C. The number of nitrogens with one attached hydrogen (secondary N) is 2. The van der Waals surface area contributed by atoms with Crippen LogP contribution in [0.15, 0.2) is 5.38 Å². The molecule has 0 aliphatic rings. The molecule has 0 aromatic carbocycles. The third kappa shape index (κ3) is 2.76. The Kier molecular flexibility index (Phi) is 3.76. The van der Waals surface area contributed by atoms with E-state index < -0.39 is 0 Å². The van der Waals surface area contributed by atoms with E-state index in [0.29, 0.717) is 6.54 Å². The Morgan fingerprint density at radius 1 is 1.11 bits per heavy atom.